The molecule has 1 spiro atoms. The maximum absolute atomic E-state index is 13.8. The molecule has 4 aliphatic rings. The molecule has 1 aromatic carbocycles. The summed E-state index contributed by atoms with van der Waals surface area (Å²) in [6, 6.07) is 9.33. The molecule has 10 nitrogen and oxygen atoms in total. The number of carbonyl (C=O) groups is 5. The van der Waals surface area contributed by atoms with Crippen LogP contribution in [0, 0.1) is 22.7 Å². The molecule has 2 bridgehead atoms. The summed E-state index contributed by atoms with van der Waals surface area (Å²) in [5, 5.41) is 0. The molecular formula is C35H42O10. The molecule has 5 rings (SSSR count). The predicted molar refractivity (Wildman–Crippen MR) is 161 cm³/mol. The van der Waals surface area contributed by atoms with Crippen LogP contribution in [-0.2, 0) is 47.7 Å². The van der Waals surface area contributed by atoms with Crippen LogP contribution in [0.3, 0.4) is 0 Å². The first-order valence-electron chi connectivity index (χ1n) is 15.4. The zero-order valence-electron chi connectivity index (χ0n) is 26.9. The second-order valence-electron chi connectivity index (χ2n) is 13.6. The quantitative estimate of drug-likeness (QED) is 0.140. The van der Waals surface area contributed by atoms with Gasteiger partial charge in [0, 0.05) is 55.9 Å². The average molecular weight is 623 g/mol. The van der Waals surface area contributed by atoms with Crippen molar-refractivity contribution >= 4 is 35.7 Å². The molecule has 0 N–H and O–H groups in total. The molecule has 1 aliphatic heterocycles. The van der Waals surface area contributed by atoms with Crippen LogP contribution in [0.2, 0.25) is 0 Å². The largest absolute Gasteiger partial charge is 0.462 e. The van der Waals surface area contributed by atoms with Crippen molar-refractivity contribution in [1.82, 2.24) is 0 Å². The number of benzene rings is 1. The highest BCUT2D eigenvalue weighted by Gasteiger charge is 2.88. The Morgan fingerprint density at radius 3 is 2.16 bits per heavy atom. The Labute approximate surface area is 263 Å². The van der Waals surface area contributed by atoms with Crippen LogP contribution in [0.5, 0.6) is 0 Å². The number of carbonyl (C=O) groups excluding carboxylic acids is 5. The van der Waals surface area contributed by atoms with Crippen molar-refractivity contribution in [3.8, 4) is 0 Å². The number of allylic oxidation sites excluding steroid dienone is 1. The standard InChI is InChI=1S/C35H42O10/c1-20(36)42-29-25-18-26(39)34(7)35(45-34,32(25,4)5)31(44-22(3)38)30(43-21(2)37)33(6)17-11-14-24(28(29)33)19-41-27(40)16-15-23-12-9-8-10-13-23/h8-10,12-16,25,28-31H,11,17-19H2,1-7H3/b16-15+/t25-,28-,29+,30-,31-,33+,34-,35-/m0/s1. The van der Waals surface area contributed by atoms with E-state index in [1.54, 1.807) is 13.0 Å². The number of esters is 4. The van der Waals surface area contributed by atoms with E-state index in [2.05, 4.69) is 0 Å². The van der Waals surface area contributed by atoms with Crippen LogP contribution in [-0.4, -0.2) is 65.8 Å². The van der Waals surface area contributed by atoms with Gasteiger partial charge in [-0.05, 0) is 37.0 Å². The summed E-state index contributed by atoms with van der Waals surface area (Å²) in [5.74, 6) is -3.78. The monoisotopic (exact) mass is 622 g/mol. The Hall–Kier alpha value is -3.79. The van der Waals surface area contributed by atoms with E-state index in [0.29, 0.717) is 18.4 Å². The van der Waals surface area contributed by atoms with Crippen molar-refractivity contribution in [3.63, 3.8) is 0 Å². The molecule has 0 aromatic heterocycles. The number of fused-ring (bicyclic) bond motifs is 2. The molecule has 1 saturated heterocycles. The van der Waals surface area contributed by atoms with Gasteiger partial charge in [0.05, 0.1) is 0 Å². The van der Waals surface area contributed by atoms with Gasteiger partial charge in [-0.3, -0.25) is 19.2 Å². The maximum Gasteiger partial charge on any atom is 0.331 e. The van der Waals surface area contributed by atoms with Crippen LogP contribution in [0.4, 0.5) is 0 Å². The van der Waals surface area contributed by atoms with E-state index >= 15 is 0 Å². The third kappa shape index (κ3) is 5.30. The minimum absolute atomic E-state index is 0.0493. The fraction of sp³-hybridized carbons (Fsp3) is 0.571. The molecule has 0 radical (unpaired) electrons. The lowest BCUT2D eigenvalue weighted by atomic mass is 9.46. The lowest BCUT2D eigenvalue weighted by molar-refractivity contribution is -0.226. The zero-order chi connectivity index (χ0) is 32.9. The minimum Gasteiger partial charge on any atom is -0.462 e. The van der Waals surface area contributed by atoms with E-state index in [1.165, 1.54) is 26.8 Å². The number of epoxide rings is 1. The van der Waals surface area contributed by atoms with Crippen molar-refractivity contribution in [3.05, 3.63) is 53.6 Å². The number of rotatable bonds is 7. The van der Waals surface area contributed by atoms with Crippen molar-refractivity contribution in [2.45, 2.75) is 97.2 Å². The highest BCUT2D eigenvalue weighted by molar-refractivity contribution is 5.94. The predicted octanol–water partition coefficient (Wildman–Crippen LogP) is 4.54. The molecule has 3 fully saturated rings. The SMILES string of the molecule is CC(=O)O[C@@H]1[C@@H]2CC(=O)[C@]3(C)O[C@@]3([C@@H](OC(C)=O)[C@H](OC(C)=O)[C@]3(C)CCC=C(COC(=O)/C=C/c4ccccc4)[C@@H]13)C2(C)C. The highest BCUT2D eigenvalue weighted by atomic mass is 16.7. The third-order valence-electron chi connectivity index (χ3n) is 10.6. The summed E-state index contributed by atoms with van der Waals surface area (Å²) in [6.45, 7) is 11.2. The third-order valence-corrected chi connectivity index (χ3v) is 10.6. The summed E-state index contributed by atoms with van der Waals surface area (Å²) in [5.41, 5.74) is -3.05. The number of hydrogen-bond acceptors (Lipinski definition) is 10. The highest BCUT2D eigenvalue weighted by Crippen LogP contribution is 2.72. The molecule has 45 heavy (non-hydrogen) atoms. The first-order chi connectivity index (χ1) is 21.1. The summed E-state index contributed by atoms with van der Waals surface area (Å²) < 4.78 is 30.4. The maximum atomic E-state index is 13.8. The lowest BCUT2D eigenvalue weighted by Crippen LogP contribution is -2.71. The van der Waals surface area contributed by atoms with E-state index in [9.17, 15) is 24.0 Å². The van der Waals surface area contributed by atoms with E-state index in [1.807, 2.05) is 57.2 Å². The van der Waals surface area contributed by atoms with Gasteiger partial charge < -0.3 is 23.7 Å². The van der Waals surface area contributed by atoms with Gasteiger partial charge in [-0.15, -0.1) is 0 Å². The van der Waals surface area contributed by atoms with E-state index in [4.69, 9.17) is 23.7 Å². The molecule has 1 heterocycles. The topological polar surface area (TPSA) is 135 Å². The number of Topliss-reactive ketones (excluding diaryl/α,β-unsaturated/α-hetero) is 1. The second kappa shape index (κ2) is 11.5. The number of hydrogen-bond donors (Lipinski definition) is 0. The Kier molecular flexibility index (Phi) is 8.36. The normalized spacial score (nSPS) is 36.3. The molecule has 0 unspecified atom stereocenters. The fourth-order valence-corrected chi connectivity index (χ4v) is 8.55. The minimum atomic E-state index is -1.35. The second-order valence-corrected chi connectivity index (χ2v) is 13.6. The summed E-state index contributed by atoms with van der Waals surface area (Å²) in [6.07, 6.45) is 2.87. The smallest absolute Gasteiger partial charge is 0.331 e. The molecule has 10 heteroatoms. The summed E-state index contributed by atoms with van der Waals surface area (Å²) >= 11 is 0. The van der Waals surface area contributed by atoms with Gasteiger partial charge >= 0.3 is 23.9 Å². The lowest BCUT2D eigenvalue weighted by Gasteiger charge is -2.59. The van der Waals surface area contributed by atoms with Crippen molar-refractivity contribution in [2.24, 2.45) is 22.7 Å². The van der Waals surface area contributed by atoms with Crippen molar-refractivity contribution < 1.29 is 47.7 Å². The summed E-state index contributed by atoms with van der Waals surface area (Å²) in [7, 11) is 0. The van der Waals surface area contributed by atoms with Gasteiger partial charge in [-0.1, -0.05) is 57.2 Å². The molecule has 0 amide bonds. The molecule has 1 aromatic rings. The van der Waals surface area contributed by atoms with E-state index in [0.717, 1.165) is 5.56 Å². The molecular weight excluding hydrogens is 580 g/mol. The van der Waals surface area contributed by atoms with Gasteiger partial charge in [0.1, 0.15) is 18.8 Å². The van der Waals surface area contributed by atoms with Crippen LogP contribution in [0.25, 0.3) is 6.08 Å². The molecule has 2 saturated carbocycles. The first-order valence-corrected chi connectivity index (χ1v) is 15.4. The Bertz CT molecular complexity index is 1460. The van der Waals surface area contributed by atoms with Crippen molar-refractivity contribution in [2.75, 3.05) is 6.61 Å². The Balaban J connectivity index is 1.62. The Morgan fingerprint density at radius 1 is 0.911 bits per heavy atom. The number of ether oxygens (including phenoxy) is 5. The van der Waals surface area contributed by atoms with Gasteiger partial charge in [0.2, 0.25) is 0 Å². The van der Waals surface area contributed by atoms with E-state index in [-0.39, 0.29) is 18.8 Å². The van der Waals surface area contributed by atoms with Crippen LogP contribution >= 0.6 is 0 Å². The number of ketones is 1. The molecule has 242 valence electrons. The molecule has 3 aliphatic carbocycles. The van der Waals surface area contributed by atoms with Crippen LogP contribution in [0.15, 0.2) is 48.1 Å². The van der Waals surface area contributed by atoms with Crippen molar-refractivity contribution in [1.29, 1.82) is 0 Å². The van der Waals surface area contributed by atoms with Crippen LogP contribution < -0.4 is 0 Å². The van der Waals surface area contributed by atoms with Gasteiger partial charge in [-0.2, -0.15) is 0 Å². The van der Waals surface area contributed by atoms with E-state index < -0.39 is 76.1 Å². The fourth-order valence-electron chi connectivity index (χ4n) is 8.55. The van der Waals surface area contributed by atoms with Gasteiger partial charge in [0.15, 0.2) is 23.1 Å². The average Bonchev–Trinajstić information content (AvgIpc) is 3.63. The zero-order valence-corrected chi connectivity index (χ0v) is 26.9. The van der Waals surface area contributed by atoms with Gasteiger partial charge in [-0.25, -0.2) is 4.79 Å². The first kappa shape index (κ1) is 32.6. The Morgan fingerprint density at radius 2 is 1.53 bits per heavy atom. The van der Waals surface area contributed by atoms with Gasteiger partial charge in [0.25, 0.3) is 0 Å². The summed E-state index contributed by atoms with van der Waals surface area (Å²) in [4.78, 5) is 64.9. The van der Waals surface area contributed by atoms with Crippen LogP contribution in [0.1, 0.15) is 73.3 Å². The molecule has 8 atom stereocenters.